The van der Waals surface area contributed by atoms with Gasteiger partial charge in [0.25, 0.3) is 0 Å². The van der Waals surface area contributed by atoms with E-state index in [9.17, 15) is 14.4 Å². The summed E-state index contributed by atoms with van der Waals surface area (Å²) in [4.78, 5) is 39.2. The summed E-state index contributed by atoms with van der Waals surface area (Å²) in [7, 11) is 0. The van der Waals surface area contributed by atoms with Gasteiger partial charge in [0, 0.05) is 37.1 Å². The molecule has 2 aromatic carbocycles. The van der Waals surface area contributed by atoms with Gasteiger partial charge in [-0.25, -0.2) is 4.79 Å². The Kier molecular flexibility index (Phi) is 17.2. The highest BCUT2D eigenvalue weighted by atomic mass is 16.6. The lowest BCUT2D eigenvalue weighted by atomic mass is 10.0. The quantitative estimate of drug-likeness (QED) is 0.127. The normalized spacial score (nSPS) is 15.9. The third-order valence-electron chi connectivity index (χ3n) is 7.93. The Balaban J connectivity index is 0.945. The molecule has 0 spiro atoms. The van der Waals surface area contributed by atoms with Gasteiger partial charge in [0.1, 0.15) is 6.10 Å². The zero-order valence-electron chi connectivity index (χ0n) is 28.3. The number of hydrogen-bond donors (Lipinski definition) is 2. The Labute approximate surface area is 289 Å². The predicted octanol–water partition coefficient (Wildman–Crippen LogP) is 4.51. The minimum atomic E-state index is -0.392. The molecule has 11 heteroatoms. The van der Waals surface area contributed by atoms with Crippen molar-refractivity contribution in [2.75, 3.05) is 70.8 Å². The van der Waals surface area contributed by atoms with E-state index in [1.54, 1.807) is 4.90 Å². The highest BCUT2D eigenvalue weighted by molar-refractivity contribution is 5.95. The molecule has 0 bridgehead atoms. The van der Waals surface area contributed by atoms with E-state index in [0.29, 0.717) is 59.3 Å². The van der Waals surface area contributed by atoms with E-state index in [-0.39, 0.29) is 43.9 Å². The molecule has 11 nitrogen and oxygen atoms in total. The van der Waals surface area contributed by atoms with Crippen LogP contribution in [0.4, 0.5) is 10.5 Å². The number of amides is 3. The van der Waals surface area contributed by atoms with Crippen molar-refractivity contribution in [3.8, 4) is 11.8 Å². The van der Waals surface area contributed by atoms with Crippen molar-refractivity contribution >= 4 is 23.6 Å². The van der Waals surface area contributed by atoms with Crippen LogP contribution in [0.2, 0.25) is 0 Å². The van der Waals surface area contributed by atoms with Crippen LogP contribution in [-0.2, 0) is 39.8 Å². The summed E-state index contributed by atoms with van der Waals surface area (Å²) in [5.74, 6) is 6.15. The van der Waals surface area contributed by atoms with Crippen LogP contribution in [0.25, 0.3) is 0 Å². The smallest absolute Gasteiger partial charge is 0.407 e. The fraction of sp³-hybridized carbons (Fsp3) is 0.500. The molecule has 0 saturated heterocycles. The molecular formula is C38H49N3O8. The van der Waals surface area contributed by atoms with Crippen LogP contribution in [0.15, 0.2) is 60.7 Å². The third kappa shape index (κ3) is 14.4. The molecule has 264 valence electrons. The highest BCUT2D eigenvalue weighted by Crippen LogP contribution is 2.26. The Morgan fingerprint density at radius 1 is 0.694 bits per heavy atom. The number of rotatable bonds is 19. The summed E-state index contributed by atoms with van der Waals surface area (Å²) in [6.07, 6.45) is 9.07. The first kappa shape index (κ1) is 37.6. The molecule has 0 aromatic heterocycles. The molecule has 2 aromatic rings. The summed E-state index contributed by atoms with van der Waals surface area (Å²) in [6.45, 7) is 4.12. The molecule has 0 radical (unpaired) electrons. The maximum absolute atomic E-state index is 13.3. The fourth-order valence-electron chi connectivity index (χ4n) is 5.33. The van der Waals surface area contributed by atoms with Gasteiger partial charge in [-0.15, -0.1) is 0 Å². The average molecular weight is 676 g/mol. The van der Waals surface area contributed by atoms with Crippen molar-refractivity contribution in [2.24, 2.45) is 0 Å². The van der Waals surface area contributed by atoms with Crippen LogP contribution >= 0.6 is 0 Å². The Morgan fingerprint density at radius 2 is 1.35 bits per heavy atom. The molecule has 2 N–H and O–H groups in total. The zero-order chi connectivity index (χ0) is 34.4. The summed E-state index contributed by atoms with van der Waals surface area (Å²) in [6, 6.07) is 15.5. The first-order chi connectivity index (χ1) is 24.1. The second-order valence-electron chi connectivity index (χ2n) is 11.6. The third-order valence-corrected chi connectivity index (χ3v) is 7.93. The molecule has 1 heterocycles. The van der Waals surface area contributed by atoms with Gasteiger partial charge >= 0.3 is 6.09 Å². The van der Waals surface area contributed by atoms with E-state index in [1.165, 1.54) is 0 Å². The predicted molar refractivity (Wildman–Crippen MR) is 186 cm³/mol. The summed E-state index contributed by atoms with van der Waals surface area (Å²) >= 11 is 0. The van der Waals surface area contributed by atoms with Crippen molar-refractivity contribution in [3.63, 3.8) is 0 Å². The van der Waals surface area contributed by atoms with Gasteiger partial charge < -0.3 is 39.2 Å². The first-order valence-corrected chi connectivity index (χ1v) is 17.3. The molecule has 1 unspecified atom stereocenters. The lowest BCUT2D eigenvalue weighted by Crippen LogP contribution is -2.35. The van der Waals surface area contributed by atoms with Crippen molar-refractivity contribution in [2.45, 2.75) is 57.6 Å². The van der Waals surface area contributed by atoms with Gasteiger partial charge in [0.2, 0.25) is 11.8 Å². The van der Waals surface area contributed by atoms with Crippen LogP contribution in [0.3, 0.4) is 0 Å². The van der Waals surface area contributed by atoms with Crippen LogP contribution in [0, 0.1) is 11.8 Å². The monoisotopic (exact) mass is 675 g/mol. The van der Waals surface area contributed by atoms with Crippen LogP contribution in [-0.4, -0.2) is 90.0 Å². The number of anilines is 1. The summed E-state index contributed by atoms with van der Waals surface area (Å²) in [5, 5.41) is 5.54. The summed E-state index contributed by atoms with van der Waals surface area (Å²) < 4.78 is 27.5. The van der Waals surface area contributed by atoms with Gasteiger partial charge in [0.15, 0.2) is 0 Å². The standard InChI is InChI=1S/C38H49N3O8/c42-36(39-20-18-37(43)41-30-33-12-7-6-10-31(33)16-17-32-11-8-9-15-35(32)41)19-22-45-24-26-47-28-29-48-27-25-46-23-21-40-38(44)49-34-13-4-2-1-3-5-14-34/h1-2,6-12,15,34H,3-5,13-14,18-30H2,(H,39,42)(H,40,44)/b2-1-. The molecule has 1 aliphatic heterocycles. The number of nitrogens with zero attached hydrogens (tertiary/aromatic N) is 1. The molecule has 3 amide bonds. The number of allylic oxidation sites excluding steroid dienone is 2. The molecule has 1 aliphatic carbocycles. The van der Waals surface area contributed by atoms with Gasteiger partial charge in [-0.2, -0.15) is 0 Å². The number of hydrogen-bond acceptors (Lipinski definition) is 8. The number of para-hydroxylation sites is 1. The lowest BCUT2D eigenvalue weighted by Gasteiger charge is -2.26. The minimum Gasteiger partial charge on any atom is -0.446 e. The van der Waals surface area contributed by atoms with Crippen molar-refractivity contribution in [3.05, 3.63) is 77.4 Å². The van der Waals surface area contributed by atoms with E-state index in [2.05, 4.69) is 34.6 Å². The second-order valence-corrected chi connectivity index (χ2v) is 11.6. The minimum absolute atomic E-state index is 0.0227. The van der Waals surface area contributed by atoms with Crippen molar-refractivity contribution in [1.82, 2.24) is 10.6 Å². The average Bonchev–Trinajstić information content (AvgIpc) is 3.08. The molecule has 0 saturated carbocycles. The van der Waals surface area contributed by atoms with Gasteiger partial charge in [-0.3, -0.25) is 9.59 Å². The van der Waals surface area contributed by atoms with Crippen LogP contribution in [0.5, 0.6) is 0 Å². The second kappa shape index (κ2) is 22.4. The maximum atomic E-state index is 13.3. The molecule has 2 aliphatic rings. The zero-order valence-corrected chi connectivity index (χ0v) is 28.3. The van der Waals surface area contributed by atoms with Crippen LogP contribution < -0.4 is 15.5 Å². The highest BCUT2D eigenvalue weighted by Gasteiger charge is 2.21. The number of carbonyl (C=O) groups is 3. The first-order valence-electron chi connectivity index (χ1n) is 17.3. The molecule has 0 fully saturated rings. The Bertz CT molecular complexity index is 1420. The number of ether oxygens (including phenoxy) is 5. The van der Waals surface area contributed by atoms with E-state index < -0.39 is 6.09 Å². The van der Waals surface area contributed by atoms with Gasteiger partial charge in [0.05, 0.1) is 65.1 Å². The topological polar surface area (TPSA) is 125 Å². The SMILES string of the molecule is O=C(CCOCCOCCOCCOCCNC(=O)OC1CC/C=C\CCC1)NCCC(=O)N1Cc2ccccc2C#Cc2ccccc21. The molecular weight excluding hydrogens is 626 g/mol. The molecule has 4 rings (SSSR count). The Hall–Kier alpha value is -4.21. The van der Waals surface area contributed by atoms with Crippen molar-refractivity contribution < 1.29 is 38.1 Å². The van der Waals surface area contributed by atoms with E-state index >= 15 is 0 Å². The van der Waals surface area contributed by atoms with E-state index in [0.717, 1.165) is 54.5 Å². The molecule has 1 atom stereocenters. The maximum Gasteiger partial charge on any atom is 0.407 e. The van der Waals surface area contributed by atoms with Gasteiger partial charge in [-0.1, -0.05) is 54.3 Å². The number of nitrogens with one attached hydrogen (secondary N) is 2. The number of carbonyl (C=O) groups excluding carboxylic acids is 3. The lowest BCUT2D eigenvalue weighted by molar-refractivity contribution is -0.122. The number of benzene rings is 2. The van der Waals surface area contributed by atoms with Crippen molar-refractivity contribution in [1.29, 1.82) is 0 Å². The Morgan fingerprint density at radius 3 is 2.14 bits per heavy atom. The van der Waals surface area contributed by atoms with E-state index in [1.807, 2.05) is 48.5 Å². The van der Waals surface area contributed by atoms with E-state index in [4.69, 9.17) is 23.7 Å². The fourth-order valence-corrected chi connectivity index (χ4v) is 5.33. The van der Waals surface area contributed by atoms with Gasteiger partial charge in [-0.05, 0) is 55.9 Å². The van der Waals surface area contributed by atoms with Crippen LogP contribution in [0.1, 0.15) is 61.6 Å². The number of alkyl carbamates (subject to hydrolysis) is 1. The largest absolute Gasteiger partial charge is 0.446 e. The molecule has 49 heavy (non-hydrogen) atoms. The summed E-state index contributed by atoms with van der Waals surface area (Å²) in [5.41, 5.74) is 3.46. The number of fused-ring (bicyclic) bond motifs is 2.